The maximum Gasteiger partial charge on any atom is 0.267 e. The number of carbonyl (C=O) groups excluding carboxylic acids is 1. The van der Waals surface area contributed by atoms with E-state index in [1.54, 1.807) is 14.2 Å². The molecule has 0 N–H and O–H groups in total. The van der Waals surface area contributed by atoms with E-state index in [9.17, 15) is 4.79 Å². The van der Waals surface area contributed by atoms with E-state index in [1.165, 1.54) is 29.5 Å². The lowest BCUT2D eigenvalue weighted by atomic mass is 9.94. The first kappa shape index (κ1) is 23.6. The Hall–Kier alpha value is -3.10. The summed E-state index contributed by atoms with van der Waals surface area (Å²) in [5, 5.41) is 3.37. The summed E-state index contributed by atoms with van der Waals surface area (Å²) in [5.41, 5.74) is 2.78. The van der Waals surface area contributed by atoms with Gasteiger partial charge in [-0.2, -0.15) is 4.99 Å². The first-order valence-electron chi connectivity index (χ1n) is 11.7. The minimum Gasteiger partial charge on any atom is -0.497 e. The number of aliphatic imine (C=N–C) groups is 1. The van der Waals surface area contributed by atoms with Crippen molar-refractivity contribution in [1.82, 2.24) is 9.88 Å². The van der Waals surface area contributed by atoms with Crippen molar-refractivity contribution in [2.45, 2.75) is 38.1 Å². The maximum atomic E-state index is 13.6. The number of hydrogen-bond acceptors (Lipinski definition) is 7. The summed E-state index contributed by atoms with van der Waals surface area (Å²) in [4.78, 5) is 25.8. The minimum atomic E-state index is -0.00152. The smallest absolute Gasteiger partial charge is 0.267 e. The third kappa shape index (κ3) is 5.13. The molecule has 1 saturated carbocycles. The van der Waals surface area contributed by atoms with Gasteiger partial charge >= 0.3 is 0 Å². The molecule has 2 fully saturated rings. The van der Waals surface area contributed by atoms with E-state index in [0.717, 1.165) is 42.5 Å². The monoisotopic (exact) mass is 505 g/mol. The van der Waals surface area contributed by atoms with Crippen molar-refractivity contribution in [3.05, 3.63) is 64.4 Å². The van der Waals surface area contributed by atoms with Crippen LogP contribution in [0.5, 0.6) is 11.5 Å². The van der Waals surface area contributed by atoms with Gasteiger partial charge in [-0.1, -0.05) is 49.6 Å². The molecule has 1 amide bonds. The van der Waals surface area contributed by atoms with Crippen molar-refractivity contribution in [3.8, 4) is 22.8 Å². The molecule has 8 heteroatoms. The average molecular weight is 506 g/mol. The van der Waals surface area contributed by atoms with E-state index in [0.29, 0.717) is 26.7 Å². The number of amides is 1. The Bertz CT molecular complexity index is 1260. The Balaban J connectivity index is 1.49. The normalized spacial score (nSPS) is 19.0. The highest BCUT2D eigenvalue weighted by Gasteiger charge is 2.39. The summed E-state index contributed by atoms with van der Waals surface area (Å²) in [6.45, 7) is 0. The fourth-order valence-corrected chi connectivity index (χ4v) is 6.23. The molecule has 180 valence electrons. The molecule has 2 aliphatic rings. The summed E-state index contributed by atoms with van der Waals surface area (Å²) < 4.78 is 10.9. The quantitative estimate of drug-likeness (QED) is 0.346. The topological polar surface area (TPSA) is 64.0 Å². The molecule has 1 aromatic heterocycles. The number of amidine groups is 1. The van der Waals surface area contributed by atoms with Gasteiger partial charge in [-0.3, -0.25) is 9.69 Å². The Morgan fingerprint density at radius 3 is 2.60 bits per heavy atom. The standard InChI is InChI=1S/C27H27N3O3S2/c1-32-21-14-13-19(23(16-21)33-2)15-24-25(31)30(20-11-7-4-8-12-20)27(35-24)29-26-28-22(17-34-26)18-9-5-3-6-10-18/h3,5-6,9-10,13-17,20H,4,7-8,11-12H2,1-2H3/b24-15-,29-27+. The van der Waals surface area contributed by atoms with Gasteiger partial charge in [0, 0.05) is 28.6 Å². The van der Waals surface area contributed by atoms with E-state index in [2.05, 4.69) is 0 Å². The van der Waals surface area contributed by atoms with Crippen molar-refractivity contribution in [3.63, 3.8) is 0 Å². The van der Waals surface area contributed by atoms with Crippen LogP contribution < -0.4 is 9.47 Å². The molecule has 6 nitrogen and oxygen atoms in total. The summed E-state index contributed by atoms with van der Waals surface area (Å²) in [6.07, 6.45) is 7.37. The van der Waals surface area contributed by atoms with Crippen LogP contribution in [-0.4, -0.2) is 41.2 Å². The van der Waals surface area contributed by atoms with Gasteiger partial charge in [0.05, 0.1) is 24.8 Å². The van der Waals surface area contributed by atoms with E-state index in [-0.39, 0.29) is 11.9 Å². The molecule has 1 saturated heterocycles. The number of rotatable bonds is 6. The highest BCUT2D eigenvalue weighted by molar-refractivity contribution is 8.18. The van der Waals surface area contributed by atoms with Crippen LogP contribution in [0, 0.1) is 0 Å². The lowest BCUT2D eigenvalue weighted by Crippen LogP contribution is -2.40. The molecule has 0 bridgehead atoms. The van der Waals surface area contributed by atoms with Crippen LogP contribution in [0.15, 0.2) is 63.8 Å². The molecular formula is C27H27N3O3S2. The molecule has 3 aromatic rings. The molecule has 0 atom stereocenters. The number of benzene rings is 2. The summed E-state index contributed by atoms with van der Waals surface area (Å²) in [6, 6.07) is 15.8. The molecule has 5 rings (SSSR count). The Morgan fingerprint density at radius 1 is 1.06 bits per heavy atom. The zero-order valence-corrected chi connectivity index (χ0v) is 21.4. The predicted octanol–water partition coefficient (Wildman–Crippen LogP) is 6.76. The largest absolute Gasteiger partial charge is 0.497 e. The van der Waals surface area contributed by atoms with Crippen LogP contribution in [0.1, 0.15) is 37.7 Å². The maximum absolute atomic E-state index is 13.6. The summed E-state index contributed by atoms with van der Waals surface area (Å²) in [5.74, 6) is 1.36. The zero-order valence-electron chi connectivity index (χ0n) is 19.8. The average Bonchev–Trinajstić information content (AvgIpc) is 3.49. The van der Waals surface area contributed by atoms with Crippen LogP contribution >= 0.6 is 23.1 Å². The number of hydrogen-bond donors (Lipinski definition) is 0. The van der Waals surface area contributed by atoms with Crippen LogP contribution in [-0.2, 0) is 4.79 Å². The molecule has 0 spiro atoms. The molecule has 1 aliphatic carbocycles. The number of thioether (sulfide) groups is 1. The molecule has 0 radical (unpaired) electrons. The number of thiazole rings is 1. The Labute approximate surface area is 213 Å². The molecule has 0 unspecified atom stereocenters. The highest BCUT2D eigenvalue weighted by Crippen LogP contribution is 2.40. The second-order valence-electron chi connectivity index (χ2n) is 8.46. The second kappa shape index (κ2) is 10.7. The van der Waals surface area contributed by atoms with Crippen LogP contribution in [0.3, 0.4) is 0 Å². The van der Waals surface area contributed by atoms with E-state index >= 15 is 0 Å². The molecule has 2 heterocycles. The lowest BCUT2D eigenvalue weighted by Gasteiger charge is -2.30. The summed E-state index contributed by atoms with van der Waals surface area (Å²) >= 11 is 2.91. The third-order valence-corrected chi connectivity index (χ3v) is 7.97. The second-order valence-corrected chi connectivity index (χ2v) is 10.3. The Morgan fingerprint density at radius 2 is 1.86 bits per heavy atom. The van der Waals surface area contributed by atoms with E-state index < -0.39 is 0 Å². The van der Waals surface area contributed by atoms with Crippen molar-refractivity contribution in [1.29, 1.82) is 0 Å². The van der Waals surface area contributed by atoms with Gasteiger partial charge in [-0.05, 0) is 42.8 Å². The minimum absolute atomic E-state index is 0.00152. The molecule has 35 heavy (non-hydrogen) atoms. The van der Waals surface area contributed by atoms with Crippen molar-refractivity contribution >= 4 is 45.4 Å². The van der Waals surface area contributed by atoms with Gasteiger partial charge in [0.25, 0.3) is 5.91 Å². The van der Waals surface area contributed by atoms with Crippen molar-refractivity contribution in [2.75, 3.05) is 14.2 Å². The number of nitrogens with zero attached hydrogens (tertiary/aromatic N) is 3. The number of aromatic nitrogens is 1. The van der Waals surface area contributed by atoms with E-state index in [4.69, 9.17) is 19.5 Å². The van der Waals surface area contributed by atoms with Crippen LogP contribution in [0.4, 0.5) is 5.13 Å². The van der Waals surface area contributed by atoms with E-state index in [1.807, 2.05) is 64.9 Å². The van der Waals surface area contributed by atoms with Crippen LogP contribution in [0.25, 0.3) is 17.3 Å². The fourth-order valence-electron chi connectivity index (χ4n) is 4.44. The highest BCUT2D eigenvalue weighted by atomic mass is 32.2. The lowest BCUT2D eigenvalue weighted by molar-refractivity contribution is -0.124. The van der Waals surface area contributed by atoms with Crippen LogP contribution in [0.2, 0.25) is 0 Å². The predicted molar refractivity (Wildman–Crippen MR) is 143 cm³/mol. The SMILES string of the molecule is COc1ccc(/C=C2\S/C(=N/c3nc(-c4ccccc4)cs3)N(C3CCCCC3)C2=O)c(OC)c1. The van der Waals surface area contributed by atoms with Gasteiger partial charge in [0.1, 0.15) is 11.5 Å². The molecular weight excluding hydrogens is 478 g/mol. The molecule has 2 aromatic carbocycles. The molecule has 1 aliphatic heterocycles. The first-order chi connectivity index (χ1) is 17.2. The van der Waals surface area contributed by atoms with Crippen molar-refractivity contribution in [2.24, 2.45) is 4.99 Å². The third-order valence-electron chi connectivity index (χ3n) is 6.26. The van der Waals surface area contributed by atoms with Gasteiger partial charge in [-0.15, -0.1) is 11.3 Å². The number of ether oxygens (including phenoxy) is 2. The number of methoxy groups -OCH3 is 2. The first-order valence-corrected chi connectivity index (χ1v) is 13.4. The van der Waals surface area contributed by atoms with Gasteiger partial charge in [-0.25, -0.2) is 4.98 Å². The van der Waals surface area contributed by atoms with Crippen molar-refractivity contribution < 1.29 is 14.3 Å². The van der Waals surface area contributed by atoms with Gasteiger partial charge < -0.3 is 9.47 Å². The summed E-state index contributed by atoms with van der Waals surface area (Å²) in [7, 11) is 3.24. The fraction of sp³-hybridized carbons (Fsp3) is 0.296. The van der Waals surface area contributed by atoms with Gasteiger partial charge in [0.2, 0.25) is 5.13 Å². The Kier molecular flexibility index (Phi) is 7.20. The number of carbonyl (C=O) groups is 1. The van der Waals surface area contributed by atoms with Gasteiger partial charge in [0.15, 0.2) is 5.17 Å². The zero-order chi connectivity index (χ0) is 24.2.